The second kappa shape index (κ2) is 16.7. The molecule has 1 heterocycles. The molecule has 51 heavy (non-hydrogen) atoms. The van der Waals surface area contributed by atoms with Crippen LogP contribution in [-0.4, -0.2) is 23.0 Å². The summed E-state index contributed by atoms with van der Waals surface area (Å²) in [4.78, 5) is 42.2. The van der Waals surface area contributed by atoms with Crippen LogP contribution in [0.3, 0.4) is 0 Å². The van der Waals surface area contributed by atoms with Crippen molar-refractivity contribution in [1.29, 1.82) is 5.26 Å². The quantitative estimate of drug-likeness (QED) is 0.0927. The molecule has 2 unspecified atom stereocenters. The monoisotopic (exact) mass is 730 g/mol. The Morgan fingerprint density at radius 1 is 0.961 bits per heavy atom. The van der Waals surface area contributed by atoms with Gasteiger partial charge in [0.15, 0.2) is 0 Å². The molecule has 0 spiro atoms. The average Bonchev–Trinajstić information content (AvgIpc) is 3.51. The highest BCUT2D eigenvalue weighted by Crippen LogP contribution is 2.42. The number of benzene rings is 4. The Bertz CT molecular complexity index is 2110. The van der Waals surface area contributed by atoms with Crippen molar-refractivity contribution in [2.75, 3.05) is 10.6 Å². The van der Waals surface area contributed by atoms with Crippen molar-refractivity contribution in [2.24, 2.45) is 0 Å². The van der Waals surface area contributed by atoms with E-state index in [0.717, 1.165) is 34.6 Å². The molecule has 6 rings (SSSR count). The van der Waals surface area contributed by atoms with Crippen molar-refractivity contribution in [1.82, 2.24) is 5.32 Å². The van der Waals surface area contributed by atoms with Crippen LogP contribution in [0.25, 0.3) is 6.08 Å². The van der Waals surface area contributed by atoms with Crippen molar-refractivity contribution in [3.63, 3.8) is 0 Å². The van der Waals surface area contributed by atoms with Crippen LogP contribution in [0.15, 0.2) is 120 Å². The number of anilines is 2. The first-order valence-electron chi connectivity index (χ1n) is 16.6. The molecule has 5 aromatic rings. The van der Waals surface area contributed by atoms with Crippen LogP contribution in [0.5, 0.6) is 0 Å². The smallest absolute Gasteiger partial charge is 0.272 e. The first-order valence-corrected chi connectivity index (χ1v) is 18.7. The number of amides is 3. The molecule has 1 aliphatic rings. The third kappa shape index (κ3) is 8.97. The summed E-state index contributed by atoms with van der Waals surface area (Å²) in [6.45, 7) is 1.95. The molecule has 0 bridgehead atoms. The zero-order valence-corrected chi connectivity index (χ0v) is 30.2. The van der Waals surface area contributed by atoms with Crippen LogP contribution in [0, 0.1) is 11.3 Å². The van der Waals surface area contributed by atoms with E-state index in [9.17, 15) is 19.6 Å². The molecule has 0 radical (unpaired) electrons. The maximum Gasteiger partial charge on any atom is 0.272 e. The number of thioether (sulfide) groups is 1. The van der Waals surface area contributed by atoms with E-state index in [1.807, 2.05) is 25.1 Å². The lowest BCUT2D eigenvalue weighted by Gasteiger charge is -2.22. The van der Waals surface area contributed by atoms with E-state index in [0.29, 0.717) is 44.7 Å². The maximum atomic E-state index is 13.6. The van der Waals surface area contributed by atoms with Gasteiger partial charge < -0.3 is 16.0 Å². The molecule has 256 valence electrons. The number of fused-ring (bicyclic) bond motifs is 1. The number of carbonyl (C=O) groups is 3. The molecule has 7 nitrogen and oxygen atoms in total. The minimum atomic E-state index is -0.513. The van der Waals surface area contributed by atoms with E-state index >= 15 is 0 Å². The van der Waals surface area contributed by atoms with Gasteiger partial charge in [-0.3, -0.25) is 14.4 Å². The second-order valence-electron chi connectivity index (χ2n) is 12.1. The van der Waals surface area contributed by atoms with E-state index < -0.39 is 17.1 Å². The number of nitrogens with zero attached hydrogens (tertiary/aromatic N) is 1. The Morgan fingerprint density at radius 3 is 2.39 bits per heavy atom. The van der Waals surface area contributed by atoms with E-state index in [1.54, 1.807) is 72.8 Å². The second-order valence-corrected chi connectivity index (χ2v) is 14.9. The molecule has 0 aliphatic heterocycles. The summed E-state index contributed by atoms with van der Waals surface area (Å²) in [6, 6.07) is 35.6. The number of nitriles is 1. The SMILES string of the molecule is CCC(Sc1cccc(NC(=O)/C(=C/c2ccc(Cl)cc2)NC(=O)c2ccccc2)c1)C(=O)Nc1sc2c(c1C#N)CCC(c1ccccc1)C2. The van der Waals surface area contributed by atoms with E-state index in [-0.39, 0.29) is 11.6 Å². The molecule has 0 saturated heterocycles. The highest BCUT2D eigenvalue weighted by atomic mass is 35.5. The lowest BCUT2D eigenvalue weighted by molar-refractivity contribution is -0.116. The zero-order chi connectivity index (χ0) is 35.7. The molecule has 2 atom stereocenters. The van der Waals surface area contributed by atoms with Crippen LogP contribution in [0.1, 0.15) is 63.2 Å². The van der Waals surface area contributed by atoms with Crippen LogP contribution >= 0.6 is 34.7 Å². The predicted molar refractivity (Wildman–Crippen MR) is 207 cm³/mol. The van der Waals surface area contributed by atoms with Gasteiger partial charge in [-0.1, -0.05) is 85.3 Å². The first-order chi connectivity index (χ1) is 24.8. The molecule has 0 saturated carbocycles. The third-order valence-electron chi connectivity index (χ3n) is 8.63. The minimum Gasteiger partial charge on any atom is -0.321 e. The van der Waals surface area contributed by atoms with Gasteiger partial charge in [-0.25, -0.2) is 0 Å². The lowest BCUT2D eigenvalue weighted by atomic mass is 9.83. The molecule has 10 heteroatoms. The lowest BCUT2D eigenvalue weighted by Crippen LogP contribution is -2.30. The highest BCUT2D eigenvalue weighted by molar-refractivity contribution is 8.00. The largest absolute Gasteiger partial charge is 0.321 e. The fourth-order valence-electron chi connectivity index (χ4n) is 5.99. The summed E-state index contributed by atoms with van der Waals surface area (Å²) < 4.78 is 0. The molecule has 1 aliphatic carbocycles. The van der Waals surface area contributed by atoms with Gasteiger partial charge in [-0.15, -0.1) is 23.1 Å². The standard InChI is InChI=1S/C41H35ClN4O3S2/c1-2-36(40(49)46-41-34(25-43)33-21-18-29(23-37(33)51-41)27-10-5-3-6-11-27)50-32-15-9-14-31(24-32)44-39(48)35(22-26-16-19-30(42)20-17-26)45-38(47)28-12-7-4-8-13-28/h3-17,19-20,22,24,29,36H,2,18,21,23H2,1H3,(H,44,48)(H,45,47)(H,46,49)/b35-22-. The number of hydrogen-bond acceptors (Lipinski definition) is 6. The first kappa shape index (κ1) is 35.7. The van der Waals surface area contributed by atoms with Gasteiger partial charge in [-0.2, -0.15) is 5.26 Å². The van der Waals surface area contributed by atoms with Crippen molar-refractivity contribution in [3.05, 3.63) is 153 Å². The number of nitrogens with one attached hydrogen (secondary N) is 3. The number of rotatable bonds is 11. The molecule has 4 aromatic carbocycles. The van der Waals surface area contributed by atoms with Gasteiger partial charge in [0.1, 0.15) is 16.8 Å². The Hall–Kier alpha value is -5.14. The fraction of sp³-hybridized carbons (Fsp3) is 0.171. The number of hydrogen-bond donors (Lipinski definition) is 3. The molecule has 3 amide bonds. The minimum absolute atomic E-state index is 0.0528. The van der Waals surface area contributed by atoms with Gasteiger partial charge in [0.2, 0.25) is 5.91 Å². The Kier molecular flexibility index (Phi) is 11.7. The van der Waals surface area contributed by atoms with Crippen molar-refractivity contribution < 1.29 is 14.4 Å². The number of halogens is 1. The van der Waals surface area contributed by atoms with Gasteiger partial charge in [0.25, 0.3) is 11.8 Å². The summed E-state index contributed by atoms with van der Waals surface area (Å²) in [5.74, 6) is -0.720. The summed E-state index contributed by atoms with van der Waals surface area (Å²) in [7, 11) is 0. The maximum absolute atomic E-state index is 13.6. The third-order valence-corrected chi connectivity index (χ3v) is 11.4. The predicted octanol–water partition coefficient (Wildman–Crippen LogP) is 9.46. The molecule has 3 N–H and O–H groups in total. The number of carbonyl (C=O) groups excluding carboxylic acids is 3. The van der Waals surface area contributed by atoms with Crippen LogP contribution < -0.4 is 16.0 Å². The normalized spacial score (nSPS) is 14.5. The van der Waals surface area contributed by atoms with E-state index in [4.69, 9.17) is 11.6 Å². The van der Waals surface area contributed by atoms with Gasteiger partial charge in [-0.05, 0) is 96.8 Å². The Labute approximate surface area is 310 Å². The Balaban J connectivity index is 1.14. The molecular weight excluding hydrogens is 696 g/mol. The Morgan fingerprint density at radius 2 is 1.69 bits per heavy atom. The summed E-state index contributed by atoms with van der Waals surface area (Å²) in [5, 5.41) is 19.5. The van der Waals surface area contributed by atoms with Crippen LogP contribution in [0.2, 0.25) is 5.02 Å². The van der Waals surface area contributed by atoms with Crippen LogP contribution in [0.4, 0.5) is 10.7 Å². The zero-order valence-electron chi connectivity index (χ0n) is 27.8. The van der Waals surface area contributed by atoms with E-state index in [2.05, 4.69) is 46.3 Å². The molecule has 0 fully saturated rings. The topological polar surface area (TPSA) is 111 Å². The molecular formula is C41H35ClN4O3S2. The fourth-order valence-corrected chi connectivity index (χ4v) is 8.41. The summed E-state index contributed by atoms with van der Waals surface area (Å²) in [5.41, 5.74) is 4.57. The molecule has 1 aromatic heterocycles. The van der Waals surface area contributed by atoms with Gasteiger partial charge in [0, 0.05) is 26.0 Å². The summed E-state index contributed by atoms with van der Waals surface area (Å²) >= 11 is 8.95. The van der Waals surface area contributed by atoms with E-state index in [1.165, 1.54) is 28.7 Å². The van der Waals surface area contributed by atoms with Gasteiger partial charge >= 0.3 is 0 Å². The van der Waals surface area contributed by atoms with Crippen molar-refractivity contribution in [2.45, 2.75) is 48.7 Å². The highest BCUT2D eigenvalue weighted by Gasteiger charge is 2.28. The average molecular weight is 731 g/mol. The van der Waals surface area contributed by atoms with Crippen molar-refractivity contribution in [3.8, 4) is 6.07 Å². The van der Waals surface area contributed by atoms with Crippen LogP contribution in [-0.2, 0) is 22.4 Å². The summed E-state index contributed by atoms with van der Waals surface area (Å²) in [6.07, 6.45) is 4.76. The van der Waals surface area contributed by atoms with Crippen molar-refractivity contribution >= 4 is 69.2 Å². The number of thiophene rings is 1. The van der Waals surface area contributed by atoms with Gasteiger partial charge in [0.05, 0.1) is 10.8 Å².